The molecule has 3 fully saturated rings. The molecule has 0 spiro atoms. The minimum absolute atomic E-state index is 0.939. The van der Waals surface area contributed by atoms with Crippen molar-refractivity contribution in [2.24, 2.45) is 41.4 Å². The second-order valence-corrected chi connectivity index (χ2v) is 7.85. The first-order chi connectivity index (χ1) is 9.20. The van der Waals surface area contributed by atoms with E-state index in [0.29, 0.717) is 0 Å². The third kappa shape index (κ3) is 1.86. The summed E-state index contributed by atoms with van der Waals surface area (Å²) in [7, 11) is 0. The maximum atomic E-state index is 2.64. The van der Waals surface area contributed by atoms with Gasteiger partial charge in [0.05, 0.1) is 0 Å². The minimum Gasteiger partial charge on any atom is -0.0881 e. The maximum absolute atomic E-state index is 2.64. The van der Waals surface area contributed by atoms with E-state index in [9.17, 15) is 0 Å². The van der Waals surface area contributed by atoms with E-state index in [4.69, 9.17) is 0 Å². The highest BCUT2D eigenvalue weighted by molar-refractivity contribution is 5.35. The molecule has 0 aromatic rings. The van der Waals surface area contributed by atoms with Crippen LogP contribution in [0.25, 0.3) is 0 Å². The Balaban J connectivity index is 1.59. The second kappa shape index (κ2) is 4.24. The molecule has 19 heavy (non-hydrogen) atoms. The molecule has 4 rings (SSSR count). The molecule has 4 aliphatic rings. The third-order valence-corrected chi connectivity index (χ3v) is 6.86. The zero-order valence-corrected chi connectivity index (χ0v) is 12.7. The number of fused-ring (bicyclic) bond motifs is 3. The van der Waals surface area contributed by atoms with Crippen LogP contribution in [-0.2, 0) is 0 Å². The molecule has 0 aromatic heterocycles. The van der Waals surface area contributed by atoms with E-state index >= 15 is 0 Å². The standard InChI is InChI=1S/C19H28/c1-4-13-10-16(13)19-17-9-12(3)11(2)8-14-6-5-7-15(14)18(17)19/h4,7,11-12,14,16-19H,5-6,8-10H2,1-3H3. The molecule has 7 unspecified atom stereocenters. The van der Waals surface area contributed by atoms with Crippen molar-refractivity contribution in [2.45, 2.75) is 52.9 Å². The maximum Gasteiger partial charge on any atom is -0.0129 e. The first kappa shape index (κ1) is 12.2. The normalized spacial score (nSPS) is 53.9. The van der Waals surface area contributed by atoms with Crippen molar-refractivity contribution >= 4 is 0 Å². The van der Waals surface area contributed by atoms with Crippen LogP contribution in [0, 0.1) is 41.4 Å². The van der Waals surface area contributed by atoms with Gasteiger partial charge in [0.25, 0.3) is 0 Å². The van der Waals surface area contributed by atoms with Crippen LogP contribution >= 0.6 is 0 Å². The van der Waals surface area contributed by atoms with Gasteiger partial charge in [-0.3, -0.25) is 0 Å². The van der Waals surface area contributed by atoms with Gasteiger partial charge in [-0.2, -0.15) is 0 Å². The number of rotatable bonds is 1. The molecule has 0 aliphatic heterocycles. The molecule has 0 aromatic carbocycles. The fourth-order valence-corrected chi connectivity index (χ4v) is 5.42. The monoisotopic (exact) mass is 256 g/mol. The fourth-order valence-electron chi connectivity index (χ4n) is 5.42. The molecule has 0 heteroatoms. The van der Waals surface area contributed by atoms with Gasteiger partial charge < -0.3 is 0 Å². The zero-order chi connectivity index (χ0) is 13.1. The van der Waals surface area contributed by atoms with Crippen molar-refractivity contribution in [3.63, 3.8) is 0 Å². The van der Waals surface area contributed by atoms with Crippen LogP contribution in [-0.4, -0.2) is 0 Å². The Morgan fingerprint density at radius 1 is 1.16 bits per heavy atom. The first-order valence-electron chi connectivity index (χ1n) is 8.55. The number of hydrogen-bond donors (Lipinski definition) is 0. The lowest BCUT2D eigenvalue weighted by atomic mass is 9.78. The van der Waals surface area contributed by atoms with Gasteiger partial charge in [-0.1, -0.05) is 37.1 Å². The van der Waals surface area contributed by atoms with Crippen LogP contribution < -0.4 is 0 Å². The van der Waals surface area contributed by atoms with Crippen molar-refractivity contribution in [1.29, 1.82) is 0 Å². The predicted octanol–water partition coefficient (Wildman–Crippen LogP) is 5.22. The van der Waals surface area contributed by atoms with Gasteiger partial charge in [0.15, 0.2) is 0 Å². The summed E-state index contributed by atoms with van der Waals surface area (Å²) < 4.78 is 0. The van der Waals surface area contributed by atoms with E-state index in [0.717, 1.165) is 41.4 Å². The van der Waals surface area contributed by atoms with Gasteiger partial charge in [-0.05, 0) is 80.5 Å². The molecule has 7 atom stereocenters. The molecule has 0 nitrogen and oxygen atoms in total. The summed E-state index contributed by atoms with van der Waals surface area (Å²) in [6.45, 7) is 7.26. The van der Waals surface area contributed by atoms with E-state index in [1.807, 2.05) is 5.57 Å². The summed E-state index contributed by atoms with van der Waals surface area (Å²) >= 11 is 0. The van der Waals surface area contributed by atoms with Gasteiger partial charge in [0, 0.05) is 0 Å². The summed E-state index contributed by atoms with van der Waals surface area (Å²) in [6, 6.07) is 0. The minimum atomic E-state index is 0.939. The molecule has 0 saturated heterocycles. The van der Waals surface area contributed by atoms with Gasteiger partial charge in [0.2, 0.25) is 0 Å². The smallest absolute Gasteiger partial charge is 0.0129 e. The highest BCUT2D eigenvalue weighted by Gasteiger charge is 2.61. The lowest BCUT2D eigenvalue weighted by molar-refractivity contribution is 0.273. The summed E-state index contributed by atoms with van der Waals surface area (Å²) in [5, 5.41) is 0. The molecular weight excluding hydrogens is 228 g/mol. The Bertz CT molecular complexity index is 441. The van der Waals surface area contributed by atoms with Crippen molar-refractivity contribution in [1.82, 2.24) is 0 Å². The van der Waals surface area contributed by atoms with E-state index in [1.54, 1.807) is 5.57 Å². The fraction of sp³-hybridized carbons (Fsp3) is 0.789. The highest BCUT2D eigenvalue weighted by atomic mass is 14.6. The second-order valence-electron chi connectivity index (χ2n) is 7.85. The first-order valence-corrected chi connectivity index (χ1v) is 8.55. The SMILES string of the molecule is CC=C1CC1C1C2CC(C)C(C)CC3CCC=C3C21. The average Bonchev–Trinajstić information content (AvgIpc) is 3.25. The van der Waals surface area contributed by atoms with Crippen molar-refractivity contribution < 1.29 is 0 Å². The van der Waals surface area contributed by atoms with Gasteiger partial charge >= 0.3 is 0 Å². The predicted molar refractivity (Wildman–Crippen MR) is 80.7 cm³/mol. The Morgan fingerprint density at radius 2 is 1.95 bits per heavy atom. The van der Waals surface area contributed by atoms with Crippen LogP contribution in [0.4, 0.5) is 0 Å². The van der Waals surface area contributed by atoms with Crippen LogP contribution in [0.3, 0.4) is 0 Å². The number of allylic oxidation sites excluding steroid dienone is 4. The average molecular weight is 256 g/mol. The molecule has 104 valence electrons. The van der Waals surface area contributed by atoms with Crippen LogP contribution in [0.15, 0.2) is 23.3 Å². The Hall–Kier alpha value is -0.520. The van der Waals surface area contributed by atoms with E-state index in [2.05, 4.69) is 32.9 Å². The molecule has 0 radical (unpaired) electrons. The highest BCUT2D eigenvalue weighted by Crippen LogP contribution is 2.68. The zero-order valence-electron chi connectivity index (χ0n) is 12.7. The Kier molecular flexibility index (Phi) is 2.73. The van der Waals surface area contributed by atoms with Crippen LogP contribution in [0.2, 0.25) is 0 Å². The van der Waals surface area contributed by atoms with Gasteiger partial charge in [-0.25, -0.2) is 0 Å². The molecule has 4 aliphatic carbocycles. The summed E-state index contributed by atoms with van der Waals surface area (Å²) in [5.74, 6) is 6.94. The summed E-state index contributed by atoms with van der Waals surface area (Å²) in [4.78, 5) is 0. The van der Waals surface area contributed by atoms with E-state index in [1.165, 1.54) is 32.1 Å². The molecular formula is C19H28. The van der Waals surface area contributed by atoms with Gasteiger partial charge in [-0.15, -0.1) is 0 Å². The Labute approximate surface area is 118 Å². The Morgan fingerprint density at radius 3 is 2.68 bits per heavy atom. The van der Waals surface area contributed by atoms with Crippen LogP contribution in [0.5, 0.6) is 0 Å². The summed E-state index contributed by atoms with van der Waals surface area (Å²) in [5.41, 5.74) is 3.68. The quantitative estimate of drug-likeness (QED) is 0.564. The molecule has 0 bridgehead atoms. The largest absolute Gasteiger partial charge is 0.0881 e. The van der Waals surface area contributed by atoms with Crippen molar-refractivity contribution in [3.05, 3.63) is 23.3 Å². The van der Waals surface area contributed by atoms with E-state index < -0.39 is 0 Å². The molecule has 0 amide bonds. The topological polar surface area (TPSA) is 0 Å². The molecule has 0 N–H and O–H groups in total. The lowest BCUT2D eigenvalue weighted by Gasteiger charge is -2.27. The third-order valence-electron chi connectivity index (χ3n) is 6.86. The molecule has 0 heterocycles. The summed E-state index contributed by atoms with van der Waals surface area (Å²) in [6.07, 6.45) is 12.3. The molecule has 3 saturated carbocycles. The van der Waals surface area contributed by atoms with Crippen molar-refractivity contribution in [3.8, 4) is 0 Å². The van der Waals surface area contributed by atoms with Crippen molar-refractivity contribution in [2.75, 3.05) is 0 Å². The number of hydrogen-bond acceptors (Lipinski definition) is 0. The van der Waals surface area contributed by atoms with E-state index in [-0.39, 0.29) is 0 Å². The van der Waals surface area contributed by atoms with Gasteiger partial charge in [0.1, 0.15) is 0 Å². The van der Waals surface area contributed by atoms with Crippen LogP contribution in [0.1, 0.15) is 52.9 Å². The lowest BCUT2D eigenvalue weighted by Crippen LogP contribution is -2.17.